The maximum Gasteiger partial charge on any atom is 0.240 e. The highest BCUT2D eigenvalue weighted by atomic mass is 32.2. The van der Waals surface area contributed by atoms with Gasteiger partial charge in [-0.15, -0.1) is 23.5 Å². The van der Waals surface area contributed by atoms with Crippen LogP contribution >= 0.6 is 23.5 Å². The average molecular weight is 612 g/mol. The molecule has 0 aliphatic carbocycles. The van der Waals surface area contributed by atoms with Gasteiger partial charge >= 0.3 is 0 Å². The van der Waals surface area contributed by atoms with E-state index >= 15 is 0 Å². The van der Waals surface area contributed by atoms with Crippen molar-refractivity contribution in [1.82, 2.24) is 15.5 Å². The summed E-state index contributed by atoms with van der Waals surface area (Å²) in [6.07, 6.45) is 1.10. The molecule has 9 nitrogen and oxygen atoms in total. The fourth-order valence-corrected chi connectivity index (χ4v) is 8.25. The number of nitrogens with zero attached hydrogens (tertiary/aromatic N) is 1. The lowest BCUT2D eigenvalue weighted by atomic mass is 9.87. The normalized spacial score (nSPS) is 35.5. The molecule has 0 radical (unpaired) electrons. The van der Waals surface area contributed by atoms with Crippen molar-refractivity contribution in [2.75, 3.05) is 33.5 Å². The zero-order valence-electron chi connectivity index (χ0n) is 24.9. The standard InChI is InChI=1S/C30H49N3O6S2/c1-6-7-18-12-13-38-27-20(14-18)15-31-23(27)29(37)32-22(28-25(35)24(34)26(36)30(39-28)40-5)17(2)41-21-10-8-19(9-11-21)16-33(3)4/h8-11,17-18,20,22-28,30-31,34-36H,6-7,12-16H2,1-5H3,(H,32,37)/t17-,18+,20-,22+,23-,24?,25?,26+,27+,28+,30?/m0/s1. The Kier molecular flexibility index (Phi) is 12.2. The Hall–Kier alpha value is -0.890. The van der Waals surface area contributed by atoms with Crippen molar-refractivity contribution >= 4 is 29.4 Å². The Morgan fingerprint density at radius 1 is 1.17 bits per heavy atom. The van der Waals surface area contributed by atoms with Gasteiger partial charge in [0.15, 0.2) is 0 Å². The Bertz CT molecular complexity index is 970. The lowest BCUT2D eigenvalue weighted by Crippen LogP contribution is -2.65. The van der Waals surface area contributed by atoms with Crippen molar-refractivity contribution in [3.63, 3.8) is 0 Å². The molecule has 3 aliphatic heterocycles. The third-order valence-electron chi connectivity index (χ3n) is 8.60. The quantitative estimate of drug-likeness (QED) is 0.238. The second-order valence-corrected chi connectivity index (χ2v) is 14.5. The molecule has 1 amide bonds. The van der Waals surface area contributed by atoms with E-state index in [0.717, 1.165) is 37.2 Å². The van der Waals surface area contributed by atoms with Crippen molar-refractivity contribution in [3.8, 4) is 0 Å². The first kappa shape index (κ1) is 33.0. The monoisotopic (exact) mass is 611 g/mol. The number of rotatable bonds is 11. The van der Waals surface area contributed by atoms with E-state index in [1.165, 1.54) is 23.7 Å². The summed E-state index contributed by atoms with van der Waals surface area (Å²) in [5, 5.41) is 38.6. The predicted octanol–water partition coefficient (Wildman–Crippen LogP) is 2.07. The number of benzene rings is 1. The lowest BCUT2D eigenvalue weighted by Gasteiger charge is -2.44. The third kappa shape index (κ3) is 8.19. The molecule has 11 heteroatoms. The van der Waals surface area contributed by atoms with E-state index in [-0.39, 0.29) is 23.2 Å². The third-order valence-corrected chi connectivity index (χ3v) is 10.7. The van der Waals surface area contributed by atoms with Gasteiger partial charge in [-0.2, -0.15) is 0 Å². The van der Waals surface area contributed by atoms with Crippen molar-refractivity contribution < 1.29 is 29.6 Å². The molecular weight excluding hydrogens is 562 g/mol. The van der Waals surface area contributed by atoms with Gasteiger partial charge in [0.25, 0.3) is 0 Å². The number of fused-ring (bicyclic) bond motifs is 1. The second-order valence-electron chi connectivity index (χ2n) is 12.1. The number of aliphatic hydroxyl groups excluding tert-OH is 3. The summed E-state index contributed by atoms with van der Waals surface area (Å²) in [5.41, 5.74) is 0.476. The first-order valence-corrected chi connectivity index (χ1v) is 17.1. The van der Waals surface area contributed by atoms with E-state index in [9.17, 15) is 20.1 Å². The van der Waals surface area contributed by atoms with Crippen molar-refractivity contribution in [2.45, 2.75) is 104 Å². The van der Waals surface area contributed by atoms with Gasteiger partial charge in [0.1, 0.15) is 35.9 Å². The lowest BCUT2D eigenvalue weighted by molar-refractivity contribution is -0.205. The summed E-state index contributed by atoms with van der Waals surface area (Å²) < 4.78 is 12.4. The molecule has 4 rings (SSSR count). The smallest absolute Gasteiger partial charge is 0.240 e. The zero-order valence-corrected chi connectivity index (χ0v) is 26.6. The van der Waals surface area contributed by atoms with Gasteiger partial charge in [-0.05, 0) is 62.7 Å². The number of thioether (sulfide) groups is 2. The Morgan fingerprint density at radius 3 is 2.56 bits per heavy atom. The number of ether oxygens (including phenoxy) is 2. The zero-order chi connectivity index (χ0) is 29.7. The van der Waals surface area contributed by atoms with Gasteiger partial charge in [-0.25, -0.2) is 0 Å². The fraction of sp³-hybridized carbons (Fsp3) is 0.767. The van der Waals surface area contributed by atoms with Crippen LogP contribution in [0.15, 0.2) is 29.2 Å². The van der Waals surface area contributed by atoms with Crippen molar-refractivity contribution in [1.29, 1.82) is 0 Å². The minimum atomic E-state index is -1.39. The molecule has 3 unspecified atom stereocenters. The van der Waals surface area contributed by atoms with E-state index in [2.05, 4.69) is 46.7 Å². The molecule has 5 N–H and O–H groups in total. The summed E-state index contributed by atoms with van der Waals surface area (Å²) in [6, 6.07) is 7.18. The maximum absolute atomic E-state index is 13.9. The summed E-state index contributed by atoms with van der Waals surface area (Å²) in [7, 11) is 4.07. The minimum Gasteiger partial charge on any atom is -0.388 e. The van der Waals surface area contributed by atoms with Crippen LogP contribution in [0.3, 0.4) is 0 Å². The second kappa shape index (κ2) is 15.2. The summed E-state index contributed by atoms with van der Waals surface area (Å²) in [4.78, 5) is 17.0. The van der Waals surface area contributed by atoms with Crippen LogP contribution in [0.4, 0.5) is 0 Å². The van der Waals surface area contributed by atoms with E-state index in [1.807, 2.05) is 21.0 Å². The number of hydrogen-bond acceptors (Lipinski definition) is 10. The minimum absolute atomic E-state index is 0.192. The van der Waals surface area contributed by atoms with Crippen LogP contribution in [0, 0.1) is 11.8 Å². The Morgan fingerprint density at radius 2 is 1.90 bits per heavy atom. The maximum atomic E-state index is 13.9. The van der Waals surface area contributed by atoms with E-state index in [4.69, 9.17) is 9.47 Å². The van der Waals surface area contributed by atoms with Crippen molar-refractivity contribution in [3.05, 3.63) is 29.8 Å². The van der Waals surface area contributed by atoms with Crippen molar-refractivity contribution in [2.24, 2.45) is 11.8 Å². The van der Waals surface area contributed by atoms with Crippen LogP contribution in [0.5, 0.6) is 0 Å². The molecule has 0 spiro atoms. The Balaban J connectivity index is 1.52. The summed E-state index contributed by atoms with van der Waals surface area (Å²) >= 11 is 2.85. The molecule has 3 fully saturated rings. The fourth-order valence-electron chi connectivity index (χ4n) is 6.47. The first-order chi connectivity index (χ1) is 19.6. The van der Waals surface area contributed by atoms with Crippen LogP contribution in [0.25, 0.3) is 0 Å². The number of nitrogens with one attached hydrogen (secondary N) is 2. The number of amides is 1. The van der Waals surface area contributed by atoms with Gasteiger partial charge in [-0.3, -0.25) is 4.79 Å². The summed E-state index contributed by atoms with van der Waals surface area (Å²) in [5.74, 6) is 0.710. The van der Waals surface area contributed by atoms with Crippen LogP contribution < -0.4 is 10.6 Å². The van der Waals surface area contributed by atoms with Gasteiger partial charge in [0, 0.05) is 29.8 Å². The highest BCUT2D eigenvalue weighted by molar-refractivity contribution is 8.00. The Labute approximate surface area is 253 Å². The van der Waals surface area contributed by atoms with Gasteiger partial charge < -0.3 is 40.3 Å². The highest BCUT2D eigenvalue weighted by Gasteiger charge is 2.50. The molecule has 0 saturated carbocycles. The van der Waals surface area contributed by atoms with Crippen LogP contribution in [0.1, 0.15) is 45.1 Å². The SMILES string of the molecule is CCC[C@@H]1CCO[C@@H]2[C@H](CN[C@@H]2C(=O)N[C@H]([C@H](C)Sc2ccc(CN(C)C)cc2)[C@H]2OC(SC)[C@H](O)C(O)C2O)C1. The van der Waals surface area contributed by atoms with E-state index in [0.29, 0.717) is 12.5 Å². The molecular formula is C30H49N3O6S2. The molecule has 1 aromatic carbocycles. The van der Waals surface area contributed by atoms with Gasteiger partial charge in [-0.1, -0.05) is 38.8 Å². The number of hydrogen-bond donors (Lipinski definition) is 5. The molecule has 11 atom stereocenters. The number of carbonyl (C=O) groups excluding carboxylic acids is 1. The highest BCUT2D eigenvalue weighted by Crippen LogP contribution is 2.35. The molecule has 0 bridgehead atoms. The van der Waals surface area contributed by atoms with Gasteiger partial charge in [0.05, 0.1) is 12.1 Å². The van der Waals surface area contributed by atoms with E-state index in [1.54, 1.807) is 18.0 Å². The number of carbonyl (C=O) groups is 1. The molecule has 0 aromatic heterocycles. The topological polar surface area (TPSA) is 124 Å². The molecule has 232 valence electrons. The van der Waals surface area contributed by atoms with Crippen LogP contribution in [0.2, 0.25) is 0 Å². The van der Waals surface area contributed by atoms with Gasteiger partial charge in [0.2, 0.25) is 5.91 Å². The summed E-state index contributed by atoms with van der Waals surface area (Å²) in [6.45, 7) is 6.44. The molecule has 41 heavy (non-hydrogen) atoms. The molecule has 3 aliphatic rings. The average Bonchev–Trinajstić information content (AvgIpc) is 3.23. The number of aliphatic hydroxyl groups is 3. The van der Waals surface area contributed by atoms with Crippen LogP contribution in [-0.2, 0) is 20.8 Å². The largest absolute Gasteiger partial charge is 0.388 e. The van der Waals surface area contributed by atoms with Crippen LogP contribution in [-0.4, -0.2) is 113 Å². The molecule has 3 saturated heterocycles. The molecule has 3 heterocycles. The molecule has 1 aromatic rings. The predicted molar refractivity (Wildman–Crippen MR) is 164 cm³/mol. The van der Waals surface area contributed by atoms with E-state index < -0.39 is 41.9 Å². The first-order valence-electron chi connectivity index (χ1n) is 14.9.